The van der Waals surface area contributed by atoms with Crippen LogP contribution in [0.15, 0.2) is 200 Å². The quantitative estimate of drug-likeness (QED) is 0.163. The zero-order valence-electron chi connectivity index (χ0n) is 31.3. The molecule has 10 rings (SSSR count). The Balaban J connectivity index is 1.06. The number of hydrogen-bond donors (Lipinski definition) is 0. The molecule has 0 unspecified atom stereocenters. The van der Waals surface area contributed by atoms with Crippen molar-refractivity contribution in [2.45, 2.75) is 0 Å². The molecule has 2 heterocycles. The molecule has 2 aromatic heterocycles. The number of benzene rings is 8. The average Bonchev–Trinajstić information content (AvgIpc) is 3.31. The van der Waals surface area contributed by atoms with Crippen molar-refractivity contribution in [1.29, 1.82) is 5.26 Å². The standard InChI is InChI=1S/C53H33N5/c54-34-35-31-44(36-20-22-38(23-21-36)48-19-9-16-40-17-10-30-55-50(40)48)33-45(32-35)47-29-28-37-11-7-8-18-46(37)49(47)39-24-26-43(27-25-39)53-57-51(41-12-3-1-4-13-41)56-52(58-53)42-14-5-2-6-15-42/h1-33H. The lowest BCUT2D eigenvalue weighted by molar-refractivity contribution is 1.07. The number of pyridine rings is 1. The molecule has 0 spiro atoms. The monoisotopic (exact) mass is 739 g/mol. The summed E-state index contributed by atoms with van der Waals surface area (Å²) in [6.07, 6.45) is 1.84. The fourth-order valence-electron chi connectivity index (χ4n) is 7.74. The van der Waals surface area contributed by atoms with Gasteiger partial charge in [0.15, 0.2) is 17.5 Å². The third-order valence-corrected chi connectivity index (χ3v) is 10.6. The summed E-state index contributed by atoms with van der Waals surface area (Å²) in [5.74, 6) is 1.85. The number of aromatic nitrogens is 4. The Morgan fingerprint density at radius 3 is 1.60 bits per heavy atom. The molecular weight excluding hydrogens is 707 g/mol. The van der Waals surface area contributed by atoms with E-state index in [1.807, 2.05) is 85.1 Å². The highest BCUT2D eigenvalue weighted by atomic mass is 15.0. The Labute approximate surface area is 336 Å². The van der Waals surface area contributed by atoms with Crippen molar-refractivity contribution >= 4 is 21.7 Å². The van der Waals surface area contributed by atoms with Gasteiger partial charge in [-0.3, -0.25) is 4.98 Å². The van der Waals surface area contributed by atoms with Crippen LogP contribution in [0.25, 0.3) is 100 Å². The van der Waals surface area contributed by atoms with Crippen LogP contribution in [0.5, 0.6) is 0 Å². The molecule has 0 N–H and O–H groups in total. The molecule has 5 heteroatoms. The van der Waals surface area contributed by atoms with E-state index in [9.17, 15) is 5.26 Å². The van der Waals surface area contributed by atoms with Crippen LogP contribution in [0.2, 0.25) is 0 Å². The van der Waals surface area contributed by atoms with E-state index in [0.29, 0.717) is 23.0 Å². The van der Waals surface area contributed by atoms with Crippen LogP contribution in [-0.2, 0) is 0 Å². The van der Waals surface area contributed by atoms with Gasteiger partial charge in [0.2, 0.25) is 0 Å². The Morgan fingerprint density at radius 1 is 0.362 bits per heavy atom. The van der Waals surface area contributed by atoms with Gasteiger partial charge in [-0.15, -0.1) is 0 Å². The second kappa shape index (κ2) is 14.9. The summed E-state index contributed by atoms with van der Waals surface area (Å²) in [6, 6.07) is 68.7. The van der Waals surface area contributed by atoms with Gasteiger partial charge in [-0.25, -0.2) is 15.0 Å². The summed E-state index contributed by atoms with van der Waals surface area (Å²) in [5.41, 5.74) is 12.7. The summed E-state index contributed by atoms with van der Waals surface area (Å²) < 4.78 is 0. The van der Waals surface area contributed by atoms with Crippen LogP contribution in [-0.4, -0.2) is 19.9 Å². The highest BCUT2D eigenvalue weighted by molar-refractivity contribution is 6.04. The third kappa shape index (κ3) is 6.55. The van der Waals surface area contributed by atoms with Crippen molar-refractivity contribution in [1.82, 2.24) is 19.9 Å². The molecule has 0 bridgehead atoms. The number of hydrogen-bond acceptors (Lipinski definition) is 5. The maximum absolute atomic E-state index is 10.3. The number of nitrogens with zero attached hydrogens (tertiary/aromatic N) is 5. The summed E-state index contributed by atoms with van der Waals surface area (Å²) in [7, 11) is 0. The lowest BCUT2D eigenvalue weighted by Crippen LogP contribution is -2.00. The minimum atomic E-state index is 0.600. The van der Waals surface area contributed by atoms with Gasteiger partial charge in [0, 0.05) is 33.8 Å². The number of fused-ring (bicyclic) bond motifs is 2. The second-order valence-electron chi connectivity index (χ2n) is 14.2. The van der Waals surface area contributed by atoms with E-state index in [2.05, 4.69) is 126 Å². The molecule has 0 atom stereocenters. The molecule has 0 aliphatic heterocycles. The van der Waals surface area contributed by atoms with Crippen LogP contribution < -0.4 is 0 Å². The maximum Gasteiger partial charge on any atom is 0.164 e. The number of nitriles is 1. The summed E-state index contributed by atoms with van der Waals surface area (Å²) in [6.45, 7) is 0. The van der Waals surface area contributed by atoms with Crippen molar-refractivity contribution in [2.75, 3.05) is 0 Å². The predicted octanol–water partition coefficient (Wildman–Crippen LogP) is 13.1. The van der Waals surface area contributed by atoms with Crippen LogP contribution in [0.3, 0.4) is 0 Å². The van der Waals surface area contributed by atoms with Gasteiger partial charge >= 0.3 is 0 Å². The first-order valence-corrected chi connectivity index (χ1v) is 19.2. The smallest absolute Gasteiger partial charge is 0.164 e. The predicted molar refractivity (Wildman–Crippen MR) is 235 cm³/mol. The van der Waals surface area contributed by atoms with Gasteiger partial charge in [0.05, 0.1) is 17.1 Å². The van der Waals surface area contributed by atoms with E-state index in [1.165, 1.54) is 0 Å². The van der Waals surface area contributed by atoms with Gasteiger partial charge in [-0.05, 0) is 74.0 Å². The molecule has 270 valence electrons. The van der Waals surface area contributed by atoms with Crippen molar-refractivity contribution in [2.24, 2.45) is 0 Å². The van der Waals surface area contributed by atoms with Gasteiger partial charge in [-0.1, -0.05) is 170 Å². The first-order chi connectivity index (χ1) is 28.7. The molecule has 10 aromatic rings. The Kier molecular flexibility index (Phi) is 8.83. The van der Waals surface area contributed by atoms with Crippen molar-refractivity contribution in [3.63, 3.8) is 0 Å². The summed E-state index contributed by atoms with van der Waals surface area (Å²) >= 11 is 0. The molecule has 0 saturated heterocycles. The van der Waals surface area contributed by atoms with Crippen LogP contribution in [0, 0.1) is 11.3 Å². The largest absolute Gasteiger partial charge is 0.256 e. The highest BCUT2D eigenvalue weighted by Crippen LogP contribution is 2.41. The van der Waals surface area contributed by atoms with E-state index in [0.717, 1.165) is 82.9 Å². The van der Waals surface area contributed by atoms with E-state index in [-0.39, 0.29) is 0 Å². The molecule has 5 nitrogen and oxygen atoms in total. The minimum absolute atomic E-state index is 0.600. The minimum Gasteiger partial charge on any atom is -0.256 e. The van der Waals surface area contributed by atoms with Gasteiger partial charge in [0.25, 0.3) is 0 Å². The van der Waals surface area contributed by atoms with Crippen LogP contribution in [0.1, 0.15) is 5.56 Å². The molecule has 0 radical (unpaired) electrons. The Bertz CT molecular complexity index is 3090. The number of rotatable bonds is 7. The highest BCUT2D eigenvalue weighted by Gasteiger charge is 2.17. The van der Waals surface area contributed by atoms with E-state index >= 15 is 0 Å². The van der Waals surface area contributed by atoms with Crippen molar-refractivity contribution in [3.05, 3.63) is 206 Å². The zero-order chi connectivity index (χ0) is 38.8. The van der Waals surface area contributed by atoms with Crippen LogP contribution in [0.4, 0.5) is 0 Å². The normalized spacial score (nSPS) is 11.1. The maximum atomic E-state index is 10.3. The molecular formula is C53H33N5. The molecule has 58 heavy (non-hydrogen) atoms. The van der Waals surface area contributed by atoms with Crippen molar-refractivity contribution in [3.8, 4) is 84.7 Å². The molecule has 8 aromatic carbocycles. The SMILES string of the molecule is N#Cc1cc(-c2ccc(-c3cccc4cccnc34)cc2)cc(-c2ccc3ccccc3c2-c2ccc(-c3nc(-c4ccccc4)nc(-c4ccccc4)n3)cc2)c1. The Hall–Kier alpha value is -8.07. The van der Waals surface area contributed by atoms with E-state index in [4.69, 9.17) is 15.0 Å². The number of para-hydroxylation sites is 1. The first-order valence-electron chi connectivity index (χ1n) is 19.2. The lowest BCUT2D eigenvalue weighted by Gasteiger charge is -2.16. The van der Waals surface area contributed by atoms with Crippen LogP contribution >= 0.6 is 0 Å². The van der Waals surface area contributed by atoms with Gasteiger partial charge in [-0.2, -0.15) is 5.26 Å². The summed E-state index contributed by atoms with van der Waals surface area (Å²) in [4.78, 5) is 19.4. The topological polar surface area (TPSA) is 75.3 Å². The fourth-order valence-corrected chi connectivity index (χ4v) is 7.74. The third-order valence-electron chi connectivity index (χ3n) is 10.6. The Morgan fingerprint density at radius 2 is 0.914 bits per heavy atom. The first kappa shape index (κ1) is 34.4. The second-order valence-corrected chi connectivity index (χ2v) is 14.2. The lowest BCUT2D eigenvalue weighted by atomic mass is 9.87. The average molecular weight is 740 g/mol. The van der Waals surface area contributed by atoms with E-state index < -0.39 is 0 Å². The molecule has 0 saturated carbocycles. The van der Waals surface area contributed by atoms with Gasteiger partial charge < -0.3 is 0 Å². The molecule has 0 amide bonds. The molecule has 0 fully saturated rings. The fraction of sp³-hybridized carbons (Fsp3) is 0. The van der Waals surface area contributed by atoms with Crippen molar-refractivity contribution < 1.29 is 0 Å². The summed E-state index contributed by atoms with van der Waals surface area (Å²) in [5, 5.41) is 13.7. The van der Waals surface area contributed by atoms with Gasteiger partial charge in [0.1, 0.15) is 0 Å². The molecule has 0 aliphatic rings. The molecule has 0 aliphatic carbocycles. The zero-order valence-corrected chi connectivity index (χ0v) is 31.3. The van der Waals surface area contributed by atoms with E-state index in [1.54, 1.807) is 0 Å².